The topological polar surface area (TPSA) is 42.0 Å². The molecule has 0 amide bonds. The molecule has 0 aliphatic heterocycles. The monoisotopic (exact) mass is 370 g/mol. The summed E-state index contributed by atoms with van der Waals surface area (Å²) in [6.45, 7) is 1.76. The molecule has 0 unspecified atom stereocenters. The van der Waals surface area contributed by atoms with Gasteiger partial charge in [0.2, 0.25) is 7.29 Å². The summed E-state index contributed by atoms with van der Waals surface area (Å²) >= 11 is 5.09. The molecule has 0 bridgehead atoms. The molecule has 3 nitrogen and oxygen atoms in total. The maximum atomic E-state index is 13.0. The molecule has 0 saturated heterocycles. The van der Waals surface area contributed by atoms with Crippen LogP contribution in [0.2, 0.25) is 0 Å². The fraction of sp³-hybridized carbons (Fsp3) is 0.357. The van der Waals surface area contributed by atoms with Gasteiger partial charge in [-0.2, -0.15) is 0 Å². The summed E-state index contributed by atoms with van der Waals surface area (Å²) in [7, 11) is -2.67. The second-order valence-corrected chi connectivity index (χ2v) is 9.83. The Bertz CT molecular complexity index is 662. The Morgan fingerprint density at radius 1 is 1.30 bits per heavy atom. The summed E-state index contributed by atoms with van der Waals surface area (Å²) in [5, 5.41) is 3.17. The van der Waals surface area contributed by atoms with Crippen LogP contribution in [0.25, 0.3) is 0 Å². The first kappa shape index (κ1) is 14.3. The number of nitrogens with zero attached hydrogens (tertiary/aromatic N) is 1. The van der Waals surface area contributed by atoms with Crippen molar-refractivity contribution in [3.8, 4) is 0 Å². The van der Waals surface area contributed by atoms with Gasteiger partial charge in [0, 0.05) is 16.0 Å². The quantitative estimate of drug-likeness (QED) is 0.812. The number of fused-ring (bicyclic) bond motifs is 1. The van der Waals surface area contributed by atoms with Crippen LogP contribution < -0.4 is 9.84 Å². The number of rotatable bonds is 3. The first-order valence-corrected chi connectivity index (χ1v) is 10.4. The number of aromatic nitrogens is 1. The van der Waals surface area contributed by atoms with E-state index in [1.807, 2.05) is 24.3 Å². The van der Waals surface area contributed by atoms with Crippen LogP contribution in [0.4, 0.5) is 5.69 Å². The average molecular weight is 371 g/mol. The number of hydrogen-bond acceptors (Lipinski definition) is 3. The van der Waals surface area contributed by atoms with Gasteiger partial charge in [-0.25, -0.2) is 4.98 Å². The van der Waals surface area contributed by atoms with Gasteiger partial charge in [-0.15, -0.1) is 11.3 Å². The molecule has 0 saturated carbocycles. The highest BCUT2D eigenvalue weighted by atomic mass is 79.9. The van der Waals surface area contributed by atoms with Gasteiger partial charge in [-0.05, 0) is 53.7 Å². The summed E-state index contributed by atoms with van der Waals surface area (Å²) in [5.41, 5.74) is 2.01. The maximum absolute atomic E-state index is 13.0. The maximum Gasteiger partial charge on any atom is 0.223 e. The van der Waals surface area contributed by atoms with Crippen LogP contribution in [-0.2, 0) is 17.4 Å². The van der Waals surface area contributed by atoms with E-state index in [0.717, 1.165) is 33.4 Å². The summed E-state index contributed by atoms with van der Waals surface area (Å²) in [6, 6.07) is 7.74. The van der Waals surface area contributed by atoms with Crippen molar-refractivity contribution in [1.82, 2.24) is 4.98 Å². The molecule has 106 valence electrons. The van der Waals surface area contributed by atoms with Crippen molar-refractivity contribution in [2.45, 2.75) is 25.7 Å². The van der Waals surface area contributed by atoms with Gasteiger partial charge in [-0.1, -0.05) is 12.1 Å². The van der Waals surface area contributed by atoms with E-state index in [0.29, 0.717) is 0 Å². The van der Waals surface area contributed by atoms with Gasteiger partial charge in [0.15, 0.2) is 4.75 Å². The third-order valence-electron chi connectivity index (χ3n) is 3.41. The minimum Gasteiger partial charge on any atom is -0.330 e. The molecule has 1 aromatic carbocycles. The van der Waals surface area contributed by atoms with E-state index in [1.54, 1.807) is 18.0 Å². The van der Waals surface area contributed by atoms with E-state index in [1.165, 1.54) is 17.7 Å². The van der Waals surface area contributed by atoms with Crippen LogP contribution in [-0.4, -0.2) is 11.6 Å². The fourth-order valence-electron chi connectivity index (χ4n) is 2.35. The molecule has 1 aliphatic carbocycles. The number of aryl methyl sites for hydroxylation is 2. The predicted octanol–water partition coefficient (Wildman–Crippen LogP) is 4.43. The zero-order chi connectivity index (χ0) is 14.2. The molecule has 0 fully saturated rings. The Hall–Kier alpha value is -0.640. The molecule has 3 rings (SSSR count). The Labute approximate surface area is 131 Å². The molecule has 2 aromatic rings. The number of nitrogens with one attached hydrogen (secondary N) is 1. The molecule has 1 aliphatic rings. The fourth-order valence-corrected chi connectivity index (χ4v) is 6.00. The third-order valence-corrected chi connectivity index (χ3v) is 7.88. The lowest BCUT2D eigenvalue weighted by Crippen LogP contribution is -2.10. The number of anilines is 1. The van der Waals surface area contributed by atoms with Gasteiger partial charge in [0.05, 0.1) is 11.4 Å². The Morgan fingerprint density at radius 2 is 2.05 bits per heavy atom. The van der Waals surface area contributed by atoms with E-state index < -0.39 is 7.29 Å². The Kier molecular flexibility index (Phi) is 4.02. The van der Waals surface area contributed by atoms with E-state index in [9.17, 15) is 4.57 Å². The van der Waals surface area contributed by atoms with Crippen LogP contribution >= 0.6 is 34.6 Å². The lowest BCUT2D eigenvalue weighted by molar-refractivity contribution is 0.587. The molecule has 1 atom stereocenters. The van der Waals surface area contributed by atoms with E-state index in [4.69, 9.17) is 0 Å². The summed E-state index contributed by atoms with van der Waals surface area (Å²) in [4.78, 5) is 5.95. The molecule has 1 N–H and O–H groups in total. The smallest absolute Gasteiger partial charge is 0.223 e. The van der Waals surface area contributed by atoms with Crippen molar-refractivity contribution in [3.05, 3.63) is 39.3 Å². The average Bonchev–Trinajstić information content (AvgIpc) is 2.86. The van der Waals surface area contributed by atoms with Gasteiger partial charge >= 0.3 is 0 Å². The second kappa shape index (κ2) is 5.63. The number of benzene rings is 1. The second-order valence-electron chi connectivity index (χ2n) is 5.09. The van der Waals surface area contributed by atoms with Gasteiger partial charge < -0.3 is 5.09 Å². The SMILES string of the molecule is C[P@@](=O)(Nc1ccccc1Br)c1nc2c(s1)CCCC2. The zero-order valence-corrected chi connectivity index (χ0v) is 14.5. The number of thiazole rings is 1. The van der Waals surface area contributed by atoms with Crippen LogP contribution in [0.1, 0.15) is 23.4 Å². The largest absolute Gasteiger partial charge is 0.330 e. The van der Waals surface area contributed by atoms with Crippen molar-refractivity contribution in [1.29, 1.82) is 0 Å². The van der Waals surface area contributed by atoms with Gasteiger partial charge in [-0.3, -0.25) is 4.57 Å². The number of para-hydroxylation sites is 1. The highest BCUT2D eigenvalue weighted by Gasteiger charge is 2.26. The summed E-state index contributed by atoms with van der Waals surface area (Å²) < 4.78 is 14.6. The van der Waals surface area contributed by atoms with E-state index in [2.05, 4.69) is 26.0 Å². The Morgan fingerprint density at radius 3 is 2.80 bits per heavy atom. The van der Waals surface area contributed by atoms with Crippen LogP contribution in [0.15, 0.2) is 28.7 Å². The highest BCUT2D eigenvalue weighted by Crippen LogP contribution is 2.44. The number of halogens is 1. The lowest BCUT2D eigenvalue weighted by Gasteiger charge is -2.14. The molecule has 0 radical (unpaired) electrons. The summed E-state index contributed by atoms with van der Waals surface area (Å²) in [5.74, 6) is 0. The molecular weight excluding hydrogens is 355 g/mol. The van der Waals surface area contributed by atoms with Crippen LogP contribution in [0.5, 0.6) is 0 Å². The van der Waals surface area contributed by atoms with Gasteiger partial charge in [0.1, 0.15) is 0 Å². The molecular formula is C14H16BrN2OPS. The van der Waals surface area contributed by atoms with Gasteiger partial charge in [0.25, 0.3) is 0 Å². The van der Waals surface area contributed by atoms with E-state index in [-0.39, 0.29) is 0 Å². The molecule has 0 spiro atoms. The van der Waals surface area contributed by atoms with Crippen molar-refractivity contribution in [3.63, 3.8) is 0 Å². The molecule has 1 aromatic heterocycles. The minimum atomic E-state index is -2.67. The Balaban J connectivity index is 1.90. The van der Waals surface area contributed by atoms with Crippen molar-refractivity contribution < 1.29 is 4.57 Å². The van der Waals surface area contributed by atoms with E-state index >= 15 is 0 Å². The molecule has 6 heteroatoms. The third kappa shape index (κ3) is 2.85. The zero-order valence-electron chi connectivity index (χ0n) is 11.2. The predicted molar refractivity (Wildman–Crippen MR) is 89.7 cm³/mol. The first-order valence-electron chi connectivity index (χ1n) is 6.66. The van der Waals surface area contributed by atoms with Crippen molar-refractivity contribution >= 4 is 45.0 Å². The molecule has 20 heavy (non-hydrogen) atoms. The first-order chi connectivity index (χ1) is 9.56. The van der Waals surface area contributed by atoms with Crippen molar-refractivity contribution in [2.24, 2.45) is 0 Å². The highest BCUT2D eigenvalue weighted by molar-refractivity contribution is 9.10. The van der Waals surface area contributed by atoms with Crippen LogP contribution in [0, 0.1) is 0 Å². The normalized spacial score (nSPS) is 17.3. The van der Waals surface area contributed by atoms with Crippen LogP contribution in [0.3, 0.4) is 0 Å². The van der Waals surface area contributed by atoms with Crippen molar-refractivity contribution in [2.75, 3.05) is 11.8 Å². The summed E-state index contributed by atoms with van der Waals surface area (Å²) in [6.07, 6.45) is 4.53. The minimum absolute atomic E-state index is 0.750. The molecule has 1 heterocycles. The lowest BCUT2D eigenvalue weighted by atomic mass is 10.0. The standard InChI is InChI=1S/C14H16BrN2OPS/c1-19(18,17-11-7-3-2-6-10(11)15)14-16-12-8-4-5-9-13(12)20-14/h2-3,6-7H,4-5,8-9H2,1H3,(H,17,18)/t19-/m0/s1. The number of hydrogen-bond donors (Lipinski definition) is 1.